The zero-order chi connectivity index (χ0) is 10.8. The van der Waals surface area contributed by atoms with Crippen molar-refractivity contribution in [2.75, 3.05) is 20.1 Å². The van der Waals surface area contributed by atoms with E-state index in [4.69, 9.17) is 0 Å². The number of halogens is 3. The van der Waals surface area contributed by atoms with Gasteiger partial charge in [0.15, 0.2) is 0 Å². The van der Waals surface area contributed by atoms with Crippen molar-refractivity contribution in [3.8, 4) is 0 Å². The maximum atomic E-state index is 12.0. The van der Waals surface area contributed by atoms with Crippen molar-refractivity contribution >= 4 is 5.91 Å². The fourth-order valence-electron chi connectivity index (χ4n) is 1.55. The molecule has 0 aromatic carbocycles. The summed E-state index contributed by atoms with van der Waals surface area (Å²) in [5.74, 6) is -1.72. The summed E-state index contributed by atoms with van der Waals surface area (Å²) in [7, 11) is 1.77. The van der Waals surface area contributed by atoms with Gasteiger partial charge >= 0.3 is 12.1 Å². The molecule has 82 valence electrons. The van der Waals surface area contributed by atoms with Gasteiger partial charge in [-0.05, 0) is 19.9 Å². The third kappa shape index (κ3) is 2.60. The van der Waals surface area contributed by atoms with Gasteiger partial charge in [-0.2, -0.15) is 13.2 Å². The van der Waals surface area contributed by atoms with Crippen molar-refractivity contribution in [1.29, 1.82) is 0 Å². The van der Waals surface area contributed by atoms with Crippen molar-refractivity contribution in [3.05, 3.63) is 0 Å². The summed E-state index contributed by atoms with van der Waals surface area (Å²) in [6, 6.07) is 0.229. The Bertz CT molecular complexity index is 209. The lowest BCUT2D eigenvalue weighted by atomic mass is 10.1. The molecule has 1 aliphatic rings. The van der Waals surface area contributed by atoms with Crippen LogP contribution in [0.15, 0.2) is 0 Å². The molecule has 1 N–H and O–H groups in total. The van der Waals surface area contributed by atoms with E-state index in [2.05, 4.69) is 5.32 Å². The van der Waals surface area contributed by atoms with Gasteiger partial charge in [0.2, 0.25) is 0 Å². The Labute approximate surface area is 80.3 Å². The van der Waals surface area contributed by atoms with Crippen molar-refractivity contribution in [2.24, 2.45) is 0 Å². The normalized spacial score (nSPS) is 19.9. The van der Waals surface area contributed by atoms with Crippen LogP contribution in [0.2, 0.25) is 0 Å². The summed E-state index contributed by atoms with van der Waals surface area (Å²) in [5, 5.41) is 2.98. The number of hydrogen-bond donors (Lipinski definition) is 1. The second kappa shape index (κ2) is 4.16. The Morgan fingerprint density at radius 2 is 1.86 bits per heavy atom. The van der Waals surface area contributed by atoms with E-state index in [1.807, 2.05) is 0 Å². The largest absolute Gasteiger partial charge is 0.471 e. The third-order valence-corrected chi connectivity index (χ3v) is 2.43. The van der Waals surface area contributed by atoms with E-state index in [1.165, 1.54) is 0 Å². The Kier molecular flexibility index (Phi) is 3.36. The average molecular weight is 210 g/mol. The molecule has 0 aromatic rings. The highest BCUT2D eigenvalue weighted by Crippen LogP contribution is 2.21. The monoisotopic (exact) mass is 210 g/mol. The number of nitrogens with one attached hydrogen (secondary N) is 1. The molecule has 6 heteroatoms. The van der Waals surface area contributed by atoms with Gasteiger partial charge in [-0.25, -0.2) is 0 Å². The molecular formula is C8H13F3N2O. The van der Waals surface area contributed by atoms with Crippen molar-refractivity contribution in [3.63, 3.8) is 0 Å². The number of carbonyl (C=O) groups excluding carboxylic acids is 1. The lowest BCUT2D eigenvalue weighted by Gasteiger charge is -2.32. The van der Waals surface area contributed by atoms with Crippen LogP contribution in [0.1, 0.15) is 12.8 Å². The van der Waals surface area contributed by atoms with Gasteiger partial charge in [0.1, 0.15) is 0 Å². The van der Waals surface area contributed by atoms with Crippen LogP contribution < -0.4 is 5.32 Å². The lowest BCUT2D eigenvalue weighted by Crippen LogP contribution is -2.48. The van der Waals surface area contributed by atoms with E-state index in [1.54, 1.807) is 7.05 Å². The third-order valence-electron chi connectivity index (χ3n) is 2.43. The Hall–Kier alpha value is -0.780. The predicted molar refractivity (Wildman–Crippen MR) is 44.7 cm³/mol. The van der Waals surface area contributed by atoms with E-state index in [0.717, 1.165) is 4.90 Å². The van der Waals surface area contributed by atoms with Crippen molar-refractivity contribution < 1.29 is 18.0 Å². The predicted octanol–water partition coefficient (Wildman–Crippen LogP) is 0.759. The van der Waals surface area contributed by atoms with E-state index < -0.39 is 12.1 Å². The molecule has 0 atom stereocenters. The smallest absolute Gasteiger partial charge is 0.335 e. The molecule has 1 amide bonds. The van der Waals surface area contributed by atoms with Gasteiger partial charge in [-0.15, -0.1) is 0 Å². The quantitative estimate of drug-likeness (QED) is 0.693. The first-order valence-corrected chi connectivity index (χ1v) is 4.48. The number of alkyl halides is 3. The number of hydrogen-bond acceptors (Lipinski definition) is 2. The van der Waals surface area contributed by atoms with Crippen LogP contribution in [-0.2, 0) is 4.79 Å². The molecule has 0 unspecified atom stereocenters. The van der Waals surface area contributed by atoms with E-state index >= 15 is 0 Å². The summed E-state index contributed by atoms with van der Waals surface area (Å²) in [6.07, 6.45) is -3.57. The highest BCUT2D eigenvalue weighted by molar-refractivity contribution is 5.81. The molecule has 0 aromatic heterocycles. The summed E-state index contributed by atoms with van der Waals surface area (Å²) in [6.45, 7) is 0.369. The summed E-state index contributed by atoms with van der Waals surface area (Å²) >= 11 is 0. The van der Waals surface area contributed by atoms with Gasteiger partial charge in [-0.3, -0.25) is 4.79 Å². The molecule has 0 bridgehead atoms. The fourth-order valence-corrected chi connectivity index (χ4v) is 1.55. The molecule has 0 spiro atoms. The molecule has 1 fully saturated rings. The molecule has 0 saturated carbocycles. The number of piperidine rings is 1. The SMILES string of the molecule is CNC1CCN(C(=O)C(F)(F)F)CC1. The molecular weight excluding hydrogens is 197 g/mol. The number of likely N-dealkylation sites (tertiary alicyclic amines) is 1. The maximum Gasteiger partial charge on any atom is 0.471 e. The van der Waals surface area contributed by atoms with Crippen LogP contribution in [0, 0.1) is 0 Å². The van der Waals surface area contributed by atoms with Crippen LogP contribution in [0.3, 0.4) is 0 Å². The standard InChI is InChI=1S/C8H13F3N2O/c1-12-6-2-4-13(5-3-6)7(14)8(9,10)11/h6,12H,2-5H2,1H3. The first-order chi connectivity index (χ1) is 6.45. The summed E-state index contributed by atoms with van der Waals surface area (Å²) in [5.41, 5.74) is 0. The first-order valence-electron chi connectivity index (χ1n) is 4.48. The van der Waals surface area contributed by atoms with Crippen LogP contribution in [-0.4, -0.2) is 43.2 Å². The van der Waals surface area contributed by atoms with Crippen LogP contribution in [0.5, 0.6) is 0 Å². The minimum atomic E-state index is -4.73. The Morgan fingerprint density at radius 1 is 1.36 bits per heavy atom. The van der Waals surface area contributed by atoms with Crippen LogP contribution >= 0.6 is 0 Å². The maximum absolute atomic E-state index is 12.0. The molecule has 14 heavy (non-hydrogen) atoms. The van der Waals surface area contributed by atoms with E-state index in [-0.39, 0.29) is 19.1 Å². The van der Waals surface area contributed by atoms with Gasteiger partial charge in [-0.1, -0.05) is 0 Å². The molecule has 1 aliphatic heterocycles. The van der Waals surface area contributed by atoms with Gasteiger partial charge in [0.25, 0.3) is 0 Å². The van der Waals surface area contributed by atoms with Gasteiger partial charge in [0, 0.05) is 19.1 Å². The number of carbonyl (C=O) groups is 1. The highest BCUT2D eigenvalue weighted by atomic mass is 19.4. The summed E-state index contributed by atoms with van der Waals surface area (Å²) in [4.78, 5) is 11.7. The van der Waals surface area contributed by atoms with Crippen molar-refractivity contribution in [1.82, 2.24) is 10.2 Å². The second-order valence-electron chi connectivity index (χ2n) is 3.35. The average Bonchev–Trinajstić information content (AvgIpc) is 2.15. The molecule has 0 aliphatic carbocycles. The fraction of sp³-hybridized carbons (Fsp3) is 0.875. The number of rotatable bonds is 1. The molecule has 1 saturated heterocycles. The molecule has 1 heterocycles. The number of amides is 1. The minimum absolute atomic E-state index is 0.184. The molecule has 1 rings (SSSR count). The minimum Gasteiger partial charge on any atom is -0.335 e. The number of nitrogens with zero attached hydrogens (tertiary/aromatic N) is 1. The zero-order valence-corrected chi connectivity index (χ0v) is 7.90. The molecule has 0 radical (unpaired) electrons. The van der Waals surface area contributed by atoms with E-state index in [9.17, 15) is 18.0 Å². The molecule has 3 nitrogen and oxygen atoms in total. The topological polar surface area (TPSA) is 32.3 Å². The van der Waals surface area contributed by atoms with Gasteiger partial charge in [0.05, 0.1) is 0 Å². The Balaban J connectivity index is 2.46. The summed E-state index contributed by atoms with van der Waals surface area (Å²) < 4.78 is 36.0. The Morgan fingerprint density at radius 3 is 2.21 bits per heavy atom. The van der Waals surface area contributed by atoms with Crippen molar-refractivity contribution in [2.45, 2.75) is 25.1 Å². The second-order valence-corrected chi connectivity index (χ2v) is 3.35. The van der Waals surface area contributed by atoms with E-state index in [0.29, 0.717) is 12.8 Å². The van der Waals surface area contributed by atoms with Crippen LogP contribution in [0.4, 0.5) is 13.2 Å². The van der Waals surface area contributed by atoms with Crippen LogP contribution in [0.25, 0.3) is 0 Å². The lowest BCUT2D eigenvalue weighted by molar-refractivity contribution is -0.186. The van der Waals surface area contributed by atoms with Gasteiger partial charge < -0.3 is 10.2 Å². The first kappa shape index (κ1) is 11.3. The highest BCUT2D eigenvalue weighted by Gasteiger charge is 2.43. The zero-order valence-electron chi connectivity index (χ0n) is 7.90.